The molecule has 1 aromatic carbocycles. The second kappa shape index (κ2) is 9.04. The molecule has 3 N–H and O–H groups in total. The predicted molar refractivity (Wildman–Crippen MR) is 78.7 cm³/mol. The lowest BCUT2D eigenvalue weighted by molar-refractivity contribution is -0.153. The van der Waals surface area contributed by atoms with Gasteiger partial charge in [-0.3, -0.25) is 4.79 Å². The predicted octanol–water partition coefficient (Wildman–Crippen LogP) is 2.62. The molecule has 0 aliphatic carbocycles. The highest BCUT2D eigenvalue weighted by atomic mass is 35.5. The average Bonchev–Trinajstić information content (AvgIpc) is 2.38. The van der Waals surface area contributed by atoms with E-state index in [0.717, 1.165) is 0 Å². The smallest absolute Gasteiger partial charge is 0.422 e. The van der Waals surface area contributed by atoms with Crippen molar-refractivity contribution in [3.8, 4) is 5.75 Å². The van der Waals surface area contributed by atoms with Gasteiger partial charge in [0.2, 0.25) is 5.91 Å². The first kappa shape index (κ1) is 20.8. The van der Waals surface area contributed by atoms with Gasteiger partial charge in [0.25, 0.3) is 0 Å². The zero-order chi connectivity index (χ0) is 16.0. The van der Waals surface area contributed by atoms with Gasteiger partial charge in [0, 0.05) is 18.2 Å². The first-order valence-electron chi connectivity index (χ1n) is 5.77. The van der Waals surface area contributed by atoms with Crippen molar-refractivity contribution in [3.63, 3.8) is 0 Å². The lowest BCUT2D eigenvalue weighted by Crippen LogP contribution is -2.39. The molecule has 0 aliphatic heterocycles. The Hall–Kier alpha value is -1.22. The molecule has 0 saturated heterocycles. The summed E-state index contributed by atoms with van der Waals surface area (Å²) in [5.41, 5.74) is 5.56. The molecule has 1 atom stereocenters. The van der Waals surface area contributed by atoms with Crippen molar-refractivity contribution in [2.45, 2.75) is 12.2 Å². The monoisotopic (exact) mass is 362 g/mol. The van der Waals surface area contributed by atoms with Gasteiger partial charge in [0.15, 0.2) is 6.61 Å². The van der Waals surface area contributed by atoms with Gasteiger partial charge in [-0.1, -0.05) is 11.6 Å². The van der Waals surface area contributed by atoms with Crippen LogP contribution in [0.1, 0.15) is 0 Å². The molecule has 22 heavy (non-hydrogen) atoms. The molecule has 5 nitrogen and oxygen atoms in total. The Kier molecular flexibility index (Phi) is 8.54. The van der Waals surface area contributed by atoms with Gasteiger partial charge < -0.3 is 20.5 Å². The summed E-state index contributed by atoms with van der Waals surface area (Å²) in [6, 6.07) is 2.94. The Balaban J connectivity index is 0.00000441. The van der Waals surface area contributed by atoms with E-state index in [1.165, 1.54) is 25.3 Å². The molecular formula is C12H15Cl2F3N2O3. The van der Waals surface area contributed by atoms with Crippen LogP contribution in [0.3, 0.4) is 0 Å². The van der Waals surface area contributed by atoms with E-state index < -0.39 is 24.7 Å². The van der Waals surface area contributed by atoms with E-state index in [1.807, 2.05) is 0 Å². The van der Waals surface area contributed by atoms with Crippen LogP contribution in [0.25, 0.3) is 0 Å². The van der Waals surface area contributed by atoms with Crippen LogP contribution in [0.4, 0.5) is 18.9 Å². The Bertz CT molecular complexity index is 501. The molecule has 10 heteroatoms. The number of halogens is 5. The highest BCUT2D eigenvalue weighted by molar-refractivity contribution is 6.30. The Morgan fingerprint density at radius 3 is 2.64 bits per heavy atom. The Morgan fingerprint density at radius 2 is 2.09 bits per heavy atom. The summed E-state index contributed by atoms with van der Waals surface area (Å²) in [5, 5.41) is 2.54. The first-order chi connectivity index (χ1) is 9.73. The number of hydrogen-bond donors (Lipinski definition) is 2. The number of ether oxygens (including phenoxy) is 2. The zero-order valence-corrected chi connectivity index (χ0v) is 13.0. The van der Waals surface area contributed by atoms with E-state index >= 15 is 0 Å². The van der Waals surface area contributed by atoms with Crippen LogP contribution in [-0.4, -0.2) is 38.4 Å². The molecular weight excluding hydrogens is 348 g/mol. The summed E-state index contributed by atoms with van der Waals surface area (Å²) >= 11 is 5.70. The standard InChI is InChI=1S/C12H14ClF3N2O3.ClH/c1-20-5-8(17)11(19)18-9-3-2-7(13)4-10(9)21-6-12(14,15)16;/h2-4,8H,5-6,17H2,1H3,(H,18,19);1H. The molecule has 0 aromatic heterocycles. The quantitative estimate of drug-likeness (QED) is 0.815. The van der Waals surface area contributed by atoms with E-state index in [1.54, 1.807) is 0 Å². The van der Waals surface area contributed by atoms with Crippen LogP contribution in [0.2, 0.25) is 5.02 Å². The molecule has 1 rings (SSSR count). The van der Waals surface area contributed by atoms with Gasteiger partial charge in [0.1, 0.15) is 11.8 Å². The van der Waals surface area contributed by atoms with Crippen LogP contribution in [-0.2, 0) is 9.53 Å². The molecule has 0 fully saturated rings. The van der Waals surface area contributed by atoms with Crippen LogP contribution < -0.4 is 15.8 Å². The Morgan fingerprint density at radius 1 is 1.45 bits per heavy atom. The summed E-state index contributed by atoms with van der Waals surface area (Å²) in [5.74, 6) is -0.811. The minimum absolute atomic E-state index is 0. The second-order valence-corrected chi connectivity index (χ2v) is 4.53. The van der Waals surface area contributed by atoms with Crippen LogP contribution in [0.5, 0.6) is 5.75 Å². The van der Waals surface area contributed by atoms with Gasteiger partial charge in [-0.15, -0.1) is 12.4 Å². The Labute approximate surface area is 136 Å². The van der Waals surface area contributed by atoms with Crippen molar-refractivity contribution in [2.24, 2.45) is 5.73 Å². The minimum Gasteiger partial charge on any atom is -0.482 e. The van der Waals surface area contributed by atoms with Crippen molar-refractivity contribution in [3.05, 3.63) is 23.2 Å². The number of anilines is 1. The van der Waals surface area contributed by atoms with E-state index in [9.17, 15) is 18.0 Å². The molecule has 1 amide bonds. The second-order valence-electron chi connectivity index (χ2n) is 4.10. The number of nitrogens with one attached hydrogen (secondary N) is 1. The molecule has 0 radical (unpaired) electrons. The van der Waals surface area contributed by atoms with Crippen LogP contribution in [0, 0.1) is 0 Å². The van der Waals surface area contributed by atoms with Gasteiger partial charge in [-0.25, -0.2) is 0 Å². The SMILES string of the molecule is COCC(N)C(=O)Nc1ccc(Cl)cc1OCC(F)(F)F.Cl. The highest BCUT2D eigenvalue weighted by Crippen LogP contribution is 2.29. The maximum Gasteiger partial charge on any atom is 0.422 e. The van der Waals surface area contributed by atoms with Gasteiger partial charge in [-0.2, -0.15) is 13.2 Å². The highest BCUT2D eigenvalue weighted by Gasteiger charge is 2.29. The normalized spacial score (nSPS) is 12.3. The van der Waals surface area contributed by atoms with Crippen LogP contribution >= 0.6 is 24.0 Å². The third kappa shape index (κ3) is 7.17. The van der Waals surface area contributed by atoms with Crippen molar-refractivity contribution >= 4 is 35.6 Å². The summed E-state index contributed by atoms with van der Waals surface area (Å²) in [6.07, 6.45) is -4.50. The number of carbonyl (C=O) groups is 1. The van der Waals surface area contributed by atoms with Gasteiger partial charge in [0.05, 0.1) is 12.3 Å². The maximum absolute atomic E-state index is 12.2. The first-order valence-corrected chi connectivity index (χ1v) is 6.15. The van der Waals surface area contributed by atoms with E-state index in [4.69, 9.17) is 22.1 Å². The van der Waals surface area contributed by atoms with Crippen molar-refractivity contribution in [1.29, 1.82) is 0 Å². The number of amides is 1. The fraction of sp³-hybridized carbons (Fsp3) is 0.417. The topological polar surface area (TPSA) is 73.6 Å². The lowest BCUT2D eigenvalue weighted by Gasteiger charge is -2.16. The van der Waals surface area contributed by atoms with Crippen LogP contribution in [0.15, 0.2) is 18.2 Å². The fourth-order valence-corrected chi connectivity index (χ4v) is 1.52. The summed E-state index contributed by atoms with van der Waals surface area (Å²) in [4.78, 5) is 11.7. The number of benzene rings is 1. The third-order valence-electron chi connectivity index (χ3n) is 2.28. The van der Waals surface area contributed by atoms with E-state index in [2.05, 4.69) is 10.1 Å². The summed E-state index contributed by atoms with van der Waals surface area (Å²) in [7, 11) is 1.37. The molecule has 0 bridgehead atoms. The molecule has 0 aliphatic rings. The number of carbonyl (C=O) groups excluding carboxylic acids is 1. The molecule has 126 valence electrons. The number of alkyl halides is 3. The molecule has 0 spiro atoms. The third-order valence-corrected chi connectivity index (χ3v) is 2.51. The zero-order valence-electron chi connectivity index (χ0n) is 11.4. The average molecular weight is 363 g/mol. The molecule has 1 unspecified atom stereocenters. The number of methoxy groups -OCH3 is 1. The van der Waals surface area contributed by atoms with E-state index in [-0.39, 0.29) is 35.5 Å². The van der Waals surface area contributed by atoms with Crippen molar-refractivity contribution in [2.75, 3.05) is 25.6 Å². The lowest BCUT2D eigenvalue weighted by atomic mass is 10.2. The van der Waals surface area contributed by atoms with Gasteiger partial charge in [-0.05, 0) is 12.1 Å². The van der Waals surface area contributed by atoms with Crippen molar-refractivity contribution < 1.29 is 27.4 Å². The van der Waals surface area contributed by atoms with Crippen molar-refractivity contribution in [1.82, 2.24) is 0 Å². The summed E-state index contributed by atoms with van der Waals surface area (Å²) < 4.78 is 45.9. The molecule has 0 saturated carbocycles. The molecule has 1 aromatic rings. The van der Waals surface area contributed by atoms with Gasteiger partial charge >= 0.3 is 6.18 Å². The molecule has 0 heterocycles. The fourth-order valence-electron chi connectivity index (χ4n) is 1.36. The summed E-state index contributed by atoms with van der Waals surface area (Å²) in [6.45, 7) is -1.53. The number of hydrogen-bond acceptors (Lipinski definition) is 4. The number of nitrogens with two attached hydrogens (primary N) is 1. The number of rotatable bonds is 6. The largest absolute Gasteiger partial charge is 0.482 e. The van der Waals surface area contributed by atoms with E-state index in [0.29, 0.717) is 0 Å². The maximum atomic E-state index is 12.2. The minimum atomic E-state index is -4.50.